The van der Waals surface area contributed by atoms with Gasteiger partial charge in [-0.25, -0.2) is 4.57 Å². The Hall–Kier alpha value is -0.850. The third-order valence-electron chi connectivity index (χ3n) is 7.26. The van der Waals surface area contributed by atoms with Crippen LogP contribution in [0.2, 0.25) is 0 Å². The van der Waals surface area contributed by atoms with Gasteiger partial charge in [0.25, 0.3) is 0 Å². The van der Waals surface area contributed by atoms with Crippen molar-refractivity contribution >= 4 is 0 Å². The maximum Gasteiger partial charge on any atom is 0.171 e. The van der Waals surface area contributed by atoms with Crippen molar-refractivity contribution in [3.05, 3.63) is 30.1 Å². The van der Waals surface area contributed by atoms with Gasteiger partial charge in [-0.2, -0.15) is 0 Å². The van der Waals surface area contributed by atoms with E-state index >= 15 is 0 Å². The minimum absolute atomic E-state index is 1.20. The molecule has 0 aromatic carbocycles. The van der Waals surface area contributed by atoms with Crippen LogP contribution in [0.1, 0.15) is 167 Å². The van der Waals surface area contributed by atoms with E-state index in [2.05, 4.69) is 42.9 Å². The van der Waals surface area contributed by atoms with E-state index in [1.54, 1.807) is 0 Å². The number of hydrogen-bond acceptors (Lipinski definition) is 0. The van der Waals surface area contributed by atoms with Crippen molar-refractivity contribution in [3.8, 4) is 0 Å². The monoisotopic (exact) mass is 458 g/mol. The number of aromatic nitrogens is 1. The largest absolute Gasteiger partial charge is 0.205 e. The molecular formula is C32H60N+. The first-order valence-electron chi connectivity index (χ1n) is 15.3. The number of nitrogens with zero attached hydrogens (tertiary/aromatic N) is 1. The van der Waals surface area contributed by atoms with E-state index < -0.39 is 0 Å². The lowest BCUT2D eigenvalue weighted by Crippen LogP contribution is -2.33. The number of pyridine rings is 1. The summed E-state index contributed by atoms with van der Waals surface area (Å²) in [6.45, 7) is 5.80. The Bertz CT molecular complexity index is 509. The Morgan fingerprint density at radius 1 is 0.485 bits per heavy atom. The molecule has 0 atom stereocenters. The van der Waals surface area contributed by atoms with Gasteiger partial charge in [-0.15, -0.1) is 0 Å². The molecular weight excluding hydrogens is 398 g/mol. The molecule has 192 valence electrons. The van der Waals surface area contributed by atoms with Gasteiger partial charge in [0, 0.05) is 18.1 Å². The predicted molar refractivity (Wildman–Crippen MR) is 148 cm³/mol. The predicted octanol–water partition coefficient (Wildman–Crippen LogP) is 10.5. The van der Waals surface area contributed by atoms with Crippen molar-refractivity contribution in [2.75, 3.05) is 0 Å². The van der Waals surface area contributed by atoms with Gasteiger partial charge >= 0.3 is 0 Å². The van der Waals surface area contributed by atoms with Gasteiger partial charge in [-0.3, -0.25) is 0 Å². The minimum Gasteiger partial charge on any atom is -0.205 e. The smallest absolute Gasteiger partial charge is 0.171 e. The van der Waals surface area contributed by atoms with Gasteiger partial charge in [0.2, 0.25) is 0 Å². The van der Waals surface area contributed by atoms with E-state index in [0.29, 0.717) is 0 Å². The Kier molecular flexibility index (Phi) is 22.2. The van der Waals surface area contributed by atoms with Crippen molar-refractivity contribution in [3.63, 3.8) is 0 Å². The molecule has 0 saturated carbocycles. The Morgan fingerprint density at radius 3 is 1.33 bits per heavy atom. The summed E-state index contributed by atoms with van der Waals surface area (Å²) in [6, 6.07) is 4.58. The van der Waals surface area contributed by atoms with Crippen molar-refractivity contribution in [2.45, 2.75) is 174 Å². The molecule has 0 N–H and O–H groups in total. The van der Waals surface area contributed by atoms with Crippen LogP contribution in [0.4, 0.5) is 0 Å². The molecule has 0 aliphatic carbocycles. The Balaban J connectivity index is 1.90. The summed E-state index contributed by atoms with van der Waals surface area (Å²) >= 11 is 0. The van der Waals surface area contributed by atoms with Gasteiger partial charge < -0.3 is 0 Å². The molecule has 0 aliphatic rings. The van der Waals surface area contributed by atoms with Crippen molar-refractivity contribution < 1.29 is 4.57 Å². The highest BCUT2D eigenvalue weighted by atomic mass is 14.9. The third-order valence-corrected chi connectivity index (χ3v) is 7.26. The number of unbranched alkanes of at least 4 members (excludes halogenated alkanes) is 21. The van der Waals surface area contributed by atoms with Crippen LogP contribution in [-0.2, 0) is 13.0 Å². The zero-order chi connectivity index (χ0) is 23.7. The van der Waals surface area contributed by atoms with Crippen LogP contribution in [-0.4, -0.2) is 0 Å². The van der Waals surface area contributed by atoms with E-state index in [0.717, 1.165) is 0 Å². The molecule has 0 radical (unpaired) electrons. The normalized spacial score (nSPS) is 11.3. The lowest BCUT2D eigenvalue weighted by molar-refractivity contribution is -0.697. The van der Waals surface area contributed by atoms with Gasteiger partial charge in [0.15, 0.2) is 12.4 Å². The summed E-state index contributed by atoms with van der Waals surface area (Å²) in [7, 11) is 0. The van der Waals surface area contributed by atoms with Gasteiger partial charge in [-0.05, 0) is 25.3 Å². The van der Waals surface area contributed by atoms with Gasteiger partial charge in [0.05, 0.1) is 0 Å². The SMILES string of the molecule is CCCCCCCCCCCCCCCCC[n+]1cccc(CCCCCCCCCC)c1. The first kappa shape index (κ1) is 30.2. The highest BCUT2D eigenvalue weighted by molar-refractivity contribution is 5.05. The standard InChI is InChI=1S/C32H60N/c1-3-5-7-9-11-13-14-15-16-17-18-19-21-23-25-29-33-30-26-28-32(31-33)27-24-22-20-12-10-8-6-4-2/h26,28,30-31H,3-25,27,29H2,1-2H3/q+1. The Morgan fingerprint density at radius 2 is 0.879 bits per heavy atom. The van der Waals surface area contributed by atoms with E-state index in [1.165, 1.54) is 166 Å². The summed E-state index contributed by atoms with van der Waals surface area (Å²) < 4.78 is 2.43. The average Bonchev–Trinajstić information content (AvgIpc) is 2.83. The fourth-order valence-electron chi connectivity index (χ4n) is 4.99. The highest BCUT2D eigenvalue weighted by Crippen LogP contribution is 2.14. The maximum absolute atomic E-state index is 2.43. The maximum atomic E-state index is 2.43. The lowest BCUT2D eigenvalue weighted by atomic mass is 10.0. The Labute approximate surface area is 209 Å². The summed E-state index contributed by atoms with van der Waals surface area (Å²) in [4.78, 5) is 0. The average molecular weight is 459 g/mol. The van der Waals surface area contributed by atoms with E-state index in [4.69, 9.17) is 0 Å². The molecule has 0 spiro atoms. The summed E-state index contributed by atoms with van der Waals surface area (Å²) in [5.41, 5.74) is 1.53. The molecule has 33 heavy (non-hydrogen) atoms. The summed E-state index contributed by atoms with van der Waals surface area (Å²) in [5.74, 6) is 0. The van der Waals surface area contributed by atoms with Crippen LogP contribution >= 0.6 is 0 Å². The van der Waals surface area contributed by atoms with Crippen molar-refractivity contribution in [1.82, 2.24) is 0 Å². The fourth-order valence-corrected chi connectivity index (χ4v) is 4.99. The second-order valence-electron chi connectivity index (χ2n) is 10.6. The van der Waals surface area contributed by atoms with Crippen LogP contribution in [0.15, 0.2) is 24.5 Å². The van der Waals surface area contributed by atoms with E-state index in [9.17, 15) is 0 Å². The quantitative estimate of drug-likeness (QED) is 0.101. The molecule has 0 fully saturated rings. The van der Waals surface area contributed by atoms with Crippen LogP contribution in [0.5, 0.6) is 0 Å². The molecule has 0 bridgehead atoms. The summed E-state index contributed by atoms with van der Waals surface area (Å²) in [5, 5.41) is 0. The molecule has 1 rings (SSSR count). The van der Waals surface area contributed by atoms with E-state index in [1.807, 2.05) is 0 Å². The number of hydrogen-bond donors (Lipinski definition) is 0. The van der Waals surface area contributed by atoms with E-state index in [-0.39, 0.29) is 0 Å². The molecule has 0 amide bonds. The van der Waals surface area contributed by atoms with Crippen LogP contribution in [0.3, 0.4) is 0 Å². The molecule has 0 unspecified atom stereocenters. The van der Waals surface area contributed by atoms with Crippen LogP contribution < -0.4 is 4.57 Å². The first-order chi connectivity index (χ1) is 16.4. The van der Waals surface area contributed by atoms with Crippen LogP contribution in [0, 0.1) is 0 Å². The number of rotatable bonds is 25. The van der Waals surface area contributed by atoms with Gasteiger partial charge in [0.1, 0.15) is 6.54 Å². The minimum atomic E-state index is 1.20. The van der Waals surface area contributed by atoms with Crippen molar-refractivity contribution in [2.24, 2.45) is 0 Å². The molecule has 0 saturated heterocycles. The summed E-state index contributed by atoms with van der Waals surface area (Å²) in [6.07, 6.45) is 38.8. The van der Waals surface area contributed by atoms with Gasteiger partial charge in [-0.1, -0.05) is 142 Å². The zero-order valence-corrected chi connectivity index (χ0v) is 22.9. The first-order valence-corrected chi connectivity index (χ1v) is 15.3. The molecule has 0 aliphatic heterocycles. The molecule has 1 aromatic heterocycles. The third kappa shape index (κ3) is 20.3. The molecule has 1 heterocycles. The molecule has 1 heteroatoms. The van der Waals surface area contributed by atoms with Crippen molar-refractivity contribution in [1.29, 1.82) is 0 Å². The highest BCUT2D eigenvalue weighted by Gasteiger charge is 2.03. The zero-order valence-electron chi connectivity index (χ0n) is 22.9. The molecule has 1 nitrogen and oxygen atoms in total. The molecule has 1 aromatic rings. The lowest BCUT2D eigenvalue weighted by Gasteiger charge is -2.04. The second-order valence-corrected chi connectivity index (χ2v) is 10.6. The fraction of sp³-hybridized carbons (Fsp3) is 0.844. The number of aryl methyl sites for hydroxylation is 2. The van der Waals surface area contributed by atoms with Crippen LogP contribution in [0.25, 0.3) is 0 Å². The second kappa shape index (κ2) is 24.3. The topological polar surface area (TPSA) is 3.88 Å².